The number of hydrogen-bond acceptors (Lipinski definition) is 6. The molecule has 3 aromatic rings. The minimum absolute atomic E-state index is 0.0262. The highest BCUT2D eigenvalue weighted by molar-refractivity contribution is 7.90. The van der Waals surface area contributed by atoms with E-state index in [0.29, 0.717) is 35.9 Å². The number of pyridine rings is 1. The molecule has 2 aromatic carbocycles. The molecule has 0 spiro atoms. The number of anilines is 1. The second-order valence-electron chi connectivity index (χ2n) is 7.42. The van der Waals surface area contributed by atoms with E-state index in [4.69, 9.17) is 15.2 Å². The van der Waals surface area contributed by atoms with E-state index in [1.165, 1.54) is 6.26 Å². The normalized spacial score (nSPS) is 12.4. The maximum atomic E-state index is 12.2. The molecule has 0 bridgehead atoms. The van der Waals surface area contributed by atoms with Crippen LogP contribution in [0.2, 0.25) is 0 Å². The third-order valence-electron chi connectivity index (χ3n) is 5.06. The summed E-state index contributed by atoms with van der Waals surface area (Å²) in [5.74, 6) is 0.829. The van der Waals surface area contributed by atoms with Crippen molar-refractivity contribution in [3.8, 4) is 22.6 Å². The second-order valence-corrected chi connectivity index (χ2v) is 9.61. The lowest BCUT2D eigenvalue weighted by Crippen LogP contribution is -2.17. The average Bonchev–Trinajstić information content (AvgIpc) is 2.74. The van der Waals surface area contributed by atoms with Crippen molar-refractivity contribution < 1.29 is 17.9 Å². The number of nitrogens with zero attached hydrogens (tertiary/aromatic N) is 1. The maximum Gasteiger partial charge on any atom is 0.161 e. The summed E-state index contributed by atoms with van der Waals surface area (Å²) in [5.41, 5.74) is 10.4. The Hall–Kier alpha value is -3.06. The number of rotatable bonds is 9. The Morgan fingerprint density at radius 3 is 2.45 bits per heavy atom. The van der Waals surface area contributed by atoms with Crippen LogP contribution in [0.25, 0.3) is 11.1 Å². The first-order chi connectivity index (χ1) is 14.8. The highest BCUT2D eigenvalue weighted by Gasteiger charge is 2.22. The first kappa shape index (κ1) is 22.6. The van der Waals surface area contributed by atoms with Gasteiger partial charge in [-0.1, -0.05) is 36.4 Å². The molecule has 0 aliphatic carbocycles. The molecule has 0 unspecified atom stereocenters. The van der Waals surface area contributed by atoms with Crippen molar-refractivity contribution in [1.82, 2.24) is 4.98 Å². The van der Waals surface area contributed by atoms with Crippen LogP contribution in [0.3, 0.4) is 0 Å². The number of hydrogen-bond donors (Lipinski definition) is 1. The molecule has 2 N–H and O–H groups in total. The van der Waals surface area contributed by atoms with Crippen LogP contribution in [-0.4, -0.2) is 39.1 Å². The summed E-state index contributed by atoms with van der Waals surface area (Å²) in [4.78, 5) is 4.48. The summed E-state index contributed by atoms with van der Waals surface area (Å²) >= 11 is 0. The molecule has 3 rings (SSSR count). The highest BCUT2D eigenvalue weighted by Crippen LogP contribution is 2.35. The lowest BCUT2D eigenvalue weighted by Gasteiger charge is -2.20. The minimum atomic E-state index is -3.25. The standard InChI is InChI=1S/C24H28N2O4S/c1-4-30-23-15-18(10-11-22(23)29-2)19(16-31(3,27)28)14-21-24(25)20(12-13-26-21)17-8-6-5-7-9-17/h5-13,15,19H,4,14,16,25H2,1-3H3/t19-/m1/s1. The smallest absolute Gasteiger partial charge is 0.161 e. The molecule has 7 heteroatoms. The van der Waals surface area contributed by atoms with Crippen molar-refractivity contribution >= 4 is 15.5 Å². The lowest BCUT2D eigenvalue weighted by atomic mass is 9.93. The van der Waals surface area contributed by atoms with E-state index in [9.17, 15) is 8.42 Å². The van der Waals surface area contributed by atoms with E-state index < -0.39 is 9.84 Å². The van der Waals surface area contributed by atoms with E-state index in [-0.39, 0.29) is 11.7 Å². The summed E-state index contributed by atoms with van der Waals surface area (Å²) in [7, 11) is -1.67. The largest absolute Gasteiger partial charge is 0.493 e. The molecule has 0 amide bonds. The van der Waals surface area contributed by atoms with Crippen LogP contribution in [0, 0.1) is 0 Å². The van der Waals surface area contributed by atoms with Gasteiger partial charge in [0.15, 0.2) is 11.5 Å². The van der Waals surface area contributed by atoms with Gasteiger partial charge in [0.2, 0.25) is 0 Å². The van der Waals surface area contributed by atoms with Gasteiger partial charge in [0.25, 0.3) is 0 Å². The third kappa shape index (κ3) is 5.76. The summed E-state index contributed by atoms with van der Waals surface area (Å²) in [6, 6.07) is 17.2. The zero-order valence-electron chi connectivity index (χ0n) is 18.0. The molecule has 31 heavy (non-hydrogen) atoms. The monoisotopic (exact) mass is 440 g/mol. The summed E-state index contributed by atoms with van der Waals surface area (Å²) < 4.78 is 35.5. The number of aromatic nitrogens is 1. The lowest BCUT2D eigenvalue weighted by molar-refractivity contribution is 0.310. The topological polar surface area (TPSA) is 91.5 Å². The Labute approximate surface area is 184 Å². The predicted octanol–water partition coefficient (Wildman–Crippen LogP) is 4.11. The molecule has 1 aromatic heterocycles. The van der Waals surface area contributed by atoms with Gasteiger partial charge in [-0.25, -0.2) is 8.42 Å². The molecule has 0 radical (unpaired) electrons. The van der Waals surface area contributed by atoms with Crippen LogP contribution >= 0.6 is 0 Å². The minimum Gasteiger partial charge on any atom is -0.493 e. The number of sulfone groups is 1. The quantitative estimate of drug-likeness (QED) is 0.538. The molecule has 6 nitrogen and oxygen atoms in total. The Bertz CT molecular complexity index is 1130. The van der Waals surface area contributed by atoms with Gasteiger partial charge >= 0.3 is 0 Å². The molecule has 0 aliphatic heterocycles. The number of nitrogen functional groups attached to an aromatic ring is 1. The number of benzene rings is 2. The van der Waals surface area contributed by atoms with Crippen LogP contribution in [-0.2, 0) is 16.3 Å². The Morgan fingerprint density at radius 2 is 1.81 bits per heavy atom. The van der Waals surface area contributed by atoms with Crippen LogP contribution in [0.4, 0.5) is 5.69 Å². The number of nitrogens with two attached hydrogens (primary N) is 1. The molecular weight excluding hydrogens is 412 g/mol. The van der Waals surface area contributed by atoms with Crippen molar-refractivity contribution in [2.75, 3.05) is 31.5 Å². The zero-order valence-corrected chi connectivity index (χ0v) is 18.9. The van der Waals surface area contributed by atoms with E-state index in [1.54, 1.807) is 19.4 Å². The SMILES string of the molecule is CCOc1cc([C@H](Cc2nccc(-c3ccccc3)c2N)CS(C)(=O)=O)ccc1OC. The van der Waals surface area contributed by atoms with Crippen molar-refractivity contribution in [2.45, 2.75) is 19.3 Å². The van der Waals surface area contributed by atoms with Crippen molar-refractivity contribution in [1.29, 1.82) is 0 Å². The fraction of sp³-hybridized carbons (Fsp3) is 0.292. The number of methoxy groups -OCH3 is 1. The van der Waals surface area contributed by atoms with Crippen LogP contribution < -0.4 is 15.2 Å². The van der Waals surface area contributed by atoms with Gasteiger partial charge in [-0.2, -0.15) is 0 Å². The van der Waals surface area contributed by atoms with Gasteiger partial charge in [-0.05, 0) is 42.7 Å². The van der Waals surface area contributed by atoms with E-state index in [0.717, 1.165) is 16.7 Å². The van der Waals surface area contributed by atoms with Gasteiger partial charge in [0, 0.05) is 23.9 Å². The summed E-state index contributed by atoms with van der Waals surface area (Å²) in [6.45, 7) is 2.37. The van der Waals surface area contributed by atoms with Gasteiger partial charge in [-0.3, -0.25) is 4.98 Å². The first-order valence-electron chi connectivity index (χ1n) is 10.1. The molecule has 0 aliphatic rings. The summed E-state index contributed by atoms with van der Waals surface area (Å²) in [5, 5.41) is 0. The van der Waals surface area contributed by atoms with Gasteiger partial charge in [0.1, 0.15) is 9.84 Å². The first-order valence-corrected chi connectivity index (χ1v) is 12.2. The molecule has 0 saturated carbocycles. The third-order valence-corrected chi connectivity index (χ3v) is 6.07. The zero-order chi connectivity index (χ0) is 22.4. The van der Waals surface area contributed by atoms with Crippen LogP contribution in [0.1, 0.15) is 24.1 Å². The van der Waals surface area contributed by atoms with Crippen molar-refractivity contribution in [2.24, 2.45) is 0 Å². The van der Waals surface area contributed by atoms with Gasteiger partial charge in [0.05, 0.1) is 30.9 Å². The Balaban J connectivity index is 2.01. The van der Waals surface area contributed by atoms with E-state index in [1.807, 2.05) is 55.5 Å². The van der Waals surface area contributed by atoms with Gasteiger partial charge < -0.3 is 15.2 Å². The average molecular weight is 441 g/mol. The van der Waals surface area contributed by atoms with Gasteiger partial charge in [-0.15, -0.1) is 0 Å². The maximum absolute atomic E-state index is 12.2. The van der Waals surface area contributed by atoms with Crippen molar-refractivity contribution in [3.63, 3.8) is 0 Å². The fourth-order valence-corrected chi connectivity index (χ4v) is 4.68. The van der Waals surface area contributed by atoms with Crippen LogP contribution in [0.15, 0.2) is 60.8 Å². The second kappa shape index (κ2) is 9.83. The number of ether oxygens (including phenoxy) is 2. The fourth-order valence-electron chi connectivity index (χ4n) is 3.64. The highest BCUT2D eigenvalue weighted by atomic mass is 32.2. The molecule has 0 fully saturated rings. The molecular formula is C24H28N2O4S. The Morgan fingerprint density at radius 1 is 1.06 bits per heavy atom. The van der Waals surface area contributed by atoms with Crippen LogP contribution in [0.5, 0.6) is 11.5 Å². The Kier molecular flexibility index (Phi) is 7.17. The van der Waals surface area contributed by atoms with E-state index in [2.05, 4.69) is 4.98 Å². The molecule has 0 saturated heterocycles. The predicted molar refractivity (Wildman–Crippen MR) is 124 cm³/mol. The molecule has 164 valence electrons. The molecule has 1 atom stereocenters. The van der Waals surface area contributed by atoms with Crippen molar-refractivity contribution in [3.05, 3.63) is 72.1 Å². The summed E-state index contributed by atoms with van der Waals surface area (Å²) in [6.07, 6.45) is 3.34. The van der Waals surface area contributed by atoms with E-state index >= 15 is 0 Å². The molecule has 1 heterocycles.